The Balaban J connectivity index is 2.37. The first-order valence-electron chi connectivity index (χ1n) is 14.0. The van der Waals surface area contributed by atoms with Crippen LogP contribution < -0.4 is 0 Å². The topological polar surface area (TPSA) is 74.6 Å². The Morgan fingerprint density at radius 3 is 1.91 bits per heavy atom. The van der Waals surface area contributed by atoms with E-state index in [0.717, 1.165) is 51.4 Å². The Morgan fingerprint density at radius 1 is 0.794 bits per heavy atom. The standard InChI is InChI=1S/C30H48O4/c1-3-5-7-9-11-14-19-26-22-18-24-30(28(33)34,25-20-15-13-16-21-25)29(26,27(31)32)23-17-12-10-8-6-4-2/h13,15-16,20-21,26H,3-12,14,17-19,22-24H2,1-2H3,(H,31,32)(H,33,34). The third-order valence-electron chi connectivity index (χ3n) is 8.41. The van der Waals surface area contributed by atoms with Crippen molar-refractivity contribution in [1.82, 2.24) is 0 Å². The number of rotatable bonds is 17. The van der Waals surface area contributed by atoms with Gasteiger partial charge in [-0.1, -0.05) is 128 Å². The number of carboxylic acid groups (broad SMARTS) is 2. The van der Waals surface area contributed by atoms with E-state index < -0.39 is 22.8 Å². The van der Waals surface area contributed by atoms with Crippen molar-refractivity contribution in [2.24, 2.45) is 11.3 Å². The third-order valence-corrected chi connectivity index (χ3v) is 8.41. The fourth-order valence-corrected chi connectivity index (χ4v) is 6.60. The van der Waals surface area contributed by atoms with Crippen LogP contribution in [0.1, 0.15) is 129 Å². The Hall–Kier alpha value is -1.84. The molecule has 192 valence electrons. The fraction of sp³-hybridized carbons (Fsp3) is 0.733. The molecule has 2 rings (SSSR count). The van der Waals surface area contributed by atoms with Crippen molar-refractivity contribution in [3.63, 3.8) is 0 Å². The maximum absolute atomic E-state index is 13.3. The summed E-state index contributed by atoms with van der Waals surface area (Å²) in [6, 6.07) is 9.29. The van der Waals surface area contributed by atoms with E-state index in [1.807, 2.05) is 30.3 Å². The van der Waals surface area contributed by atoms with E-state index in [1.165, 1.54) is 44.9 Å². The molecular formula is C30H48O4. The van der Waals surface area contributed by atoms with Crippen LogP contribution >= 0.6 is 0 Å². The first-order valence-corrected chi connectivity index (χ1v) is 14.0. The molecule has 1 aliphatic carbocycles. The van der Waals surface area contributed by atoms with E-state index in [0.29, 0.717) is 18.4 Å². The molecule has 0 heterocycles. The van der Waals surface area contributed by atoms with Gasteiger partial charge in [0.05, 0.1) is 5.41 Å². The minimum absolute atomic E-state index is 0.100. The van der Waals surface area contributed by atoms with E-state index in [2.05, 4.69) is 13.8 Å². The predicted octanol–water partition coefficient (Wildman–Crippen LogP) is 8.38. The van der Waals surface area contributed by atoms with Gasteiger partial charge in [-0.05, 0) is 37.2 Å². The number of hydrogen-bond donors (Lipinski definition) is 2. The van der Waals surface area contributed by atoms with Gasteiger partial charge in [-0.2, -0.15) is 0 Å². The van der Waals surface area contributed by atoms with Crippen molar-refractivity contribution < 1.29 is 19.8 Å². The molecule has 0 amide bonds. The zero-order valence-electron chi connectivity index (χ0n) is 21.7. The zero-order valence-corrected chi connectivity index (χ0v) is 21.7. The number of aliphatic carboxylic acids is 2. The summed E-state index contributed by atoms with van der Waals surface area (Å²) in [5.74, 6) is -1.96. The van der Waals surface area contributed by atoms with Crippen LogP contribution in [0.2, 0.25) is 0 Å². The lowest BCUT2D eigenvalue weighted by molar-refractivity contribution is -0.178. The van der Waals surface area contributed by atoms with E-state index in [4.69, 9.17) is 0 Å². The summed E-state index contributed by atoms with van der Waals surface area (Å²) in [5.41, 5.74) is -1.95. The molecule has 2 N–H and O–H groups in total. The zero-order chi connectivity index (χ0) is 24.9. The van der Waals surface area contributed by atoms with Crippen molar-refractivity contribution >= 4 is 11.9 Å². The summed E-state index contributed by atoms with van der Waals surface area (Å²) >= 11 is 0. The number of benzene rings is 1. The second-order valence-electron chi connectivity index (χ2n) is 10.5. The lowest BCUT2D eigenvalue weighted by atomic mass is 9.47. The van der Waals surface area contributed by atoms with Crippen LogP contribution in [0, 0.1) is 11.3 Å². The minimum atomic E-state index is -1.37. The molecule has 4 nitrogen and oxygen atoms in total. The highest BCUT2D eigenvalue weighted by atomic mass is 16.4. The average molecular weight is 473 g/mol. The first-order chi connectivity index (χ1) is 16.5. The van der Waals surface area contributed by atoms with Crippen LogP contribution in [-0.4, -0.2) is 22.2 Å². The number of hydrogen-bond acceptors (Lipinski definition) is 2. The second kappa shape index (κ2) is 14.5. The molecule has 0 spiro atoms. The summed E-state index contributed by atoms with van der Waals surface area (Å²) in [5, 5.41) is 21.6. The van der Waals surface area contributed by atoms with E-state index in [-0.39, 0.29) is 5.92 Å². The van der Waals surface area contributed by atoms with Gasteiger partial charge in [0.1, 0.15) is 5.41 Å². The fourth-order valence-electron chi connectivity index (χ4n) is 6.60. The molecule has 0 bridgehead atoms. The van der Waals surface area contributed by atoms with Crippen LogP contribution in [0.25, 0.3) is 0 Å². The normalized spacial score (nSPS) is 24.7. The molecule has 0 radical (unpaired) electrons. The smallest absolute Gasteiger partial charge is 0.315 e. The second-order valence-corrected chi connectivity index (χ2v) is 10.5. The number of unbranched alkanes of at least 4 members (excludes halogenated alkanes) is 10. The largest absolute Gasteiger partial charge is 0.481 e. The Bertz CT molecular complexity index is 731. The summed E-state index contributed by atoms with van der Waals surface area (Å²) in [7, 11) is 0. The van der Waals surface area contributed by atoms with Gasteiger partial charge in [0.25, 0.3) is 0 Å². The number of carboxylic acids is 2. The summed E-state index contributed by atoms with van der Waals surface area (Å²) < 4.78 is 0. The molecule has 3 atom stereocenters. The molecule has 0 saturated heterocycles. The lowest BCUT2D eigenvalue weighted by Crippen LogP contribution is -2.61. The van der Waals surface area contributed by atoms with Gasteiger partial charge < -0.3 is 10.2 Å². The Kier molecular flexibility index (Phi) is 12.1. The first kappa shape index (κ1) is 28.4. The van der Waals surface area contributed by atoms with Crippen LogP contribution in [0.15, 0.2) is 30.3 Å². The summed E-state index contributed by atoms with van der Waals surface area (Å²) in [6.07, 6.45) is 16.6. The molecule has 1 aliphatic rings. The Morgan fingerprint density at radius 2 is 1.35 bits per heavy atom. The SMILES string of the molecule is CCCCCCCCC1CCCC(C(=O)O)(c2ccccc2)C1(CCCCCCCC)C(=O)O. The van der Waals surface area contributed by atoms with Crippen molar-refractivity contribution in [2.45, 2.75) is 128 Å². The molecule has 3 unspecified atom stereocenters. The molecule has 1 aromatic rings. The highest BCUT2D eigenvalue weighted by molar-refractivity contribution is 5.92. The van der Waals surface area contributed by atoms with Crippen LogP contribution in [0.4, 0.5) is 0 Å². The molecule has 1 saturated carbocycles. The highest BCUT2D eigenvalue weighted by Gasteiger charge is 2.66. The third kappa shape index (κ3) is 6.43. The van der Waals surface area contributed by atoms with Gasteiger partial charge in [0, 0.05) is 0 Å². The van der Waals surface area contributed by atoms with Crippen molar-refractivity contribution in [3.8, 4) is 0 Å². The van der Waals surface area contributed by atoms with Crippen LogP contribution in [0.3, 0.4) is 0 Å². The summed E-state index contributed by atoms with van der Waals surface area (Å²) in [4.78, 5) is 26.4. The molecule has 0 aliphatic heterocycles. The van der Waals surface area contributed by atoms with Crippen molar-refractivity contribution in [2.75, 3.05) is 0 Å². The summed E-state index contributed by atoms with van der Waals surface area (Å²) in [6.45, 7) is 4.40. The number of carbonyl (C=O) groups is 2. The lowest BCUT2D eigenvalue weighted by Gasteiger charge is -2.53. The van der Waals surface area contributed by atoms with Gasteiger partial charge in [-0.3, -0.25) is 9.59 Å². The van der Waals surface area contributed by atoms with E-state index in [1.54, 1.807) is 0 Å². The monoisotopic (exact) mass is 472 g/mol. The van der Waals surface area contributed by atoms with Crippen LogP contribution in [-0.2, 0) is 15.0 Å². The quantitative estimate of drug-likeness (QED) is 0.223. The molecule has 1 aromatic carbocycles. The van der Waals surface area contributed by atoms with Crippen molar-refractivity contribution in [1.29, 1.82) is 0 Å². The Labute approximate surface area is 207 Å². The molecule has 34 heavy (non-hydrogen) atoms. The van der Waals surface area contributed by atoms with E-state index >= 15 is 0 Å². The van der Waals surface area contributed by atoms with Gasteiger partial charge in [-0.15, -0.1) is 0 Å². The van der Waals surface area contributed by atoms with Gasteiger partial charge >= 0.3 is 11.9 Å². The van der Waals surface area contributed by atoms with Gasteiger partial charge in [0.15, 0.2) is 0 Å². The maximum Gasteiger partial charge on any atom is 0.315 e. The minimum Gasteiger partial charge on any atom is -0.481 e. The maximum atomic E-state index is 13.3. The average Bonchev–Trinajstić information content (AvgIpc) is 2.84. The van der Waals surface area contributed by atoms with Gasteiger partial charge in [-0.25, -0.2) is 0 Å². The van der Waals surface area contributed by atoms with Gasteiger partial charge in [0.2, 0.25) is 0 Å². The molecule has 4 heteroatoms. The molecular weight excluding hydrogens is 424 g/mol. The molecule has 1 fully saturated rings. The molecule has 0 aromatic heterocycles. The highest BCUT2D eigenvalue weighted by Crippen LogP contribution is 2.59. The van der Waals surface area contributed by atoms with Crippen molar-refractivity contribution in [3.05, 3.63) is 35.9 Å². The van der Waals surface area contributed by atoms with Crippen LogP contribution in [0.5, 0.6) is 0 Å². The van der Waals surface area contributed by atoms with E-state index in [9.17, 15) is 19.8 Å². The predicted molar refractivity (Wildman–Crippen MR) is 139 cm³/mol.